The summed E-state index contributed by atoms with van der Waals surface area (Å²) in [5, 5.41) is 2.71. The van der Waals surface area contributed by atoms with Gasteiger partial charge in [-0.25, -0.2) is 4.98 Å². The maximum atomic E-state index is 11.8. The highest BCUT2D eigenvalue weighted by atomic mass is 16.5. The lowest BCUT2D eigenvalue weighted by Crippen LogP contribution is -2.28. The summed E-state index contributed by atoms with van der Waals surface area (Å²) in [6.45, 7) is 4.18. The Morgan fingerprint density at radius 2 is 2.05 bits per heavy atom. The first-order chi connectivity index (χ1) is 9.56. The van der Waals surface area contributed by atoms with Gasteiger partial charge in [0.25, 0.3) is 5.91 Å². The summed E-state index contributed by atoms with van der Waals surface area (Å²) in [6, 6.07) is 7.07. The third-order valence-electron chi connectivity index (χ3n) is 2.65. The van der Waals surface area contributed by atoms with Gasteiger partial charge in [0.15, 0.2) is 5.89 Å². The Kier molecular flexibility index (Phi) is 4.24. The fourth-order valence-electron chi connectivity index (χ4n) is 1.72. The number of oxazole rings is 1. The zero-order valence-electron chi connectivity index (χ0n) is 11.5. The van der Waals surface area contributed by atoms with Gasteiger partial charge in [-0.05, 0) is 31.2 Å². The van der Waals surface area contributed by atoms with Crippen LogP contribution in [0.25, 0.3) is 0 Å². The molecule has 6 heteroatoms. The van der Waals surface area contributed by atoms with Gasteiger partial charge in [-0.2, -0.15) is 0 Å². The Hall–Kier alpha value is -2.50. The number of carbonyl (C=O) groups is 1. The minimum atomic E-state index is -0.288. The highest BCUT2D eigenvalue weighted by Gasteiger charge is 2.14. The number of hydrogen-bond acceptors (Lipinski definition) is 5. The van der Waals surface area contributed by atoms with Crippen molar-refractivity contribution in [2.45, 2.75) is 13.8 Å². The number of carbonyl (C=O) groups excluding carboxylic acids is 1. The number of nitrogens with two attached hydrogens (primary N) is 1. The molecule has 0 unspecified atom stereocenters. The van der Waals surface area contributed by atoms with Gasteiger partial charge in [0.2, 0.25) is 5.76 Å². The number of nitrogen functional groups attached to an aromatic ring is 1. The molecule has 0 spiro atoms. The predicted molar refractivity (Wildman–Crippen MR) is 74.7 cm³/mol. The van der Waals surface area contributed by atoms with Crippen LogP contribution in [0.5, 0.6) is 5.75 Å². The SMILES string of the molecule is Cc1nc(C)c(C(=O)NCCOc2ccc(N)cc2)o1. The number of hydrogen-bond donors (Lipinski definition) is 2. The van der Waals surface area contributed by atoms with Gasteiger partial charge in [-0.15, -0.1) is 0 Å². The second-order valence-electron chi connectivity index (χ2n) is 4.32. The fraction of sp³-hybridized carbons (Fsp3) is 0.286. The van der Waals surface area contributed by atoms with E-state index in [-0.39, 0.29) is 11.7 Å². The molecule has 1 aromatic heterocycles. The van der Waals surface area contributed by atoms with Crippen molar-refractivity contribution < 1.29 is 13.9 Å². The lowest BCUT2D eigenvalue weighted by molar-refractivity contribution is 0.0917. The van der Waals surface area contributed by atoms with Crippen molar-refractivity contribution in [3.8, 4) is 5.75 Å². The molecule has 1 heterocycles. The summed E-state index contributed by atoms with van der Waals surface area (Å²) in [5.41, 5.74) is 6.84. The van der Waals surface area contributed by atoms with Crippen LogP contribution in [-0.2, 0) is 0 Å². The van der Waals surface area contributed by atoms with E-state index in [0.717, 1.165) is 0 Å². The molecule has 106 valence electrons. The van der Waals surface area contributed by atoms with Crippen molar-refractivity contribution in [3.63, 3.8) is 0 Å². The van der Waals surface area contributed by atoms with Crippen molar-refractivity contribution in [1.82, 2.24) is 10.3 Å². The maximum absolute atomic E-state index is 11.8. The van der Waals surface area contributed by atoms with Gasteiger partial charge < -0.3 is 20.2 Å². The van der Waals surface area contributed by atoms with Crippen LogP contribution < -0.4 is 15.8 Å². The minimum Gasteiger partial charge on any atom is -0.492 e. The van der Waals surface area contributed by atoms with Gasteiger partial charge in [0.1, 0.15) is 12.4 Å². The Bertz CT molecular complexity index is 590. The van der Waals surface area contributed by atoms with Crippen molar-refractivity contribution in [2.24, 2.45) is 0 Å². The summed E-state index contributed by atoms with van der Waals surface area (Å²) >= 11 is 0. The molecule has 0 radical (unpaired) electrons. The molecule has 0 atom stereocenters. The number of benzene rings is 1. The molecular weight excluding hydrogens is 258 g/mol. The first-order valence-corrected chi connectivity index (χ1v) is 6.27. The van der Waals surface area contributed by atoms with E-state index >= 15 is 0 Å². The molecule has 0 bridgehead atoms. The van der Waals surface area contributed by atoms with Crippen LogP contribution in [0, 0.1) is 13.8 Å². The highest BCUT2D eigenvalue weighted by molar-refractivity contribution is 5.92. The average molecular weight is 275 g/mol. The fourth-order valence-corrected chi connectivity index (χ4v) is 1.72. The van der Waals surface area contributed by atoms with Gasteiger partial charge in [-0.3, -0.25) is 4.79 Å². The van der Waals surface area contributed by atoms with Crippen molar-refractivity contribution in [1.29, 1.82) is 0 Å². The van der Waals surface area contributed by atoms with Crippen LogP contribution in [-0.4, -0.2) is 24.0 Å². The molecule has 0 aliphatic rings. The molecule has 0 aliphatic carbocycles. The second kappa shape index (κ2) is 6.10. The second-order valence-corrected chi connectivity index (χ2v) is 4.32. The molecule has 2 rings (SSSR count). The number of anilines is 1. The summed E-state index contributed by atoms with van der Waals surface area (Å²) < 4.78 is 10.7. The van der Waals surface area contributed by atoms with E-state index < -0.39 is 0 Å². The maximum Gasteiger partial charge on any atom is 0.289 e. The van der Waals surface area contributed by atoms with E-state index in [9.17, 15) is 4.79 Å². The van der Waals surface area contributed by atoms with Crippen molar-refractivity contribution in [3.05, 3.63) is 41.6 Å². The number of nitrogens with zero attached hydrogens (tertiary/aromatic N) is 1. The Balaban J connectivity index is 1.77. The Labute approximate surface area is 116 Å². The first-order valence-electron chi connectivity index (χ1n) is 6.27. The lowest BCUT2D eigenvalue weighted by atomic mass is 10.3. The summed E-state index contributed by atoms with van der Waals surface area (Å²) in [5.74, 6) is 1.14. The van der Waals surface area contributed by atoms with Crippen molar-refractivity contribution in [2.75, 3.05) is 18.9 Å². The van der Waals surface area contributed by atoms with Crippen LogP contribution >= 0.6 is 0 Å². The van der Waals surface area contributed by atoms with Gasteiger partial charge >= 0.3 is 0 Å². The van der Waals surface area contributed by atoms with Crippen LogP contribution in [0.3, 0.4) is 0 Å². The topological polar surface area (TPSA) is 90.4 Å². The third kappa shape index (κ3) is 3.50. The molecule has 0 saturated heterocycles. The minimum absolute atomic E-state index is 0.245. The summed E-state index contributed by atoms with van der Waals surface area (Å²) in [7, 11) is 0. The van der Waals surface area contributed by atoms with Crippen molar-refractivity contribution >= 4 is 11.6 Å². The normalized spacial score (nSPS) is 10.3. The molecule has 0 fully saturated rings. The zero-order valence-corrected chi connectivity index (χ0v) is 11.5. The first kappa shape index (κ1) is 13.9. The molecule has 0 saturated carbocycles. The summed E-state index contributed by atoms with van der Waals surface area (Å²) in [6.07, 6.45) is 0. The van der Waals surface area contributed by atoms with Gasteiger partial charge in [-0.1, -0.05) is 0 Å². The lowest BCUT2D eigenvalue weighted by Gasteiger charge is -2.07. The molecule has 1 amide bonds. The van der Waals surface area contributed by atoms with E-state index in [1.165, 1.54) is 0 Å². The number of aromatic nitrogens is 1. The molecular formula is C14H17N3O3. The molecule has 1 aromatic carbocycles. The van der Waals surface area contributed by atoms with E-state index in [4.69, 9.17) is 14.9 Å². The monoisotopic (exact) mass is 275 g/mol. The molecule has 2 aromatic rings. The number of aryl methyl sites for hydroxylation is 2. The van der Waals surface area contributed by atoms with Crippen LogP contribution in [0.15, 0.2) is 28.7 Å². The van der Waals surface area contributed by atoms with E-state index in [1.54, 1.807) is 38.1 Å². The third-order valence-corrected chi connectivity index (χ3v) is 2.65. The van der Waals surface area contributed by atoms with Gasteiger partial charge in [0, 0.05) is 12.6 Å². The molecule has 6 nitrogen and oxygen atoms in total. The smallest absolute Gasteiger partial charge is 0.289 e. The van der Waals surface area contributed by atoms with Crippen LogP contribution in [0.2, 0.25) is 0 Å². The molecule has 3 N–H and O–H groups in total. The average Bonchev–Trinajstić information content (AvgIpc) is 2.75. The van der Waals surface area contributed by atoms with E-state index in [0.29, 0.717) is 36.2 Å². The largest absolute Gasteiger partial charge is 0.492 e. The Morgan fingerprint density at radius 1 is 1.35 bits per heavy atom. The molecule has 20 heavy (non-hydrogen) atoms. The standard InChI is InChI=1S/C14H17N3O3/c1-9-13(20-10(2)17-9)14(18)16-7-8-19-12-5-3-11(15)4-6-12/h3-6H,7-8,15H2,1-2H3,(H,16,18). The van der Waals surface area contributed by atoms with Crippen LogP contribution in [0.4, 0.5) is 5.69 Å². The number of nitrogens with one attached hydrogen (secondary N) is 1. The van der Waals surface area contributed by atoms with E-state index in [1.807, 2.05) is 0 Å². The van der Waals surface area contributed by atoms with Crippen LogP contribution in [0.1, 0.15) is 22.1 Å². The van der Waals surface area contributed by atoms with Gasteiger partial charge in [0.05, 0.1) is 12.2 Å². The predicted octanol–water partition coefficient (Wildman–Crippen LogP) is 1.68. The quantitative estimate of drug-likeness (QED) is 0.640. The highest BCUT2D eigenvalue weighted by Crippen LogP contribution is 2.12. The summed E-state index contributed by atoms with van der Waals surface area (Å²) in [4.78, 5) is 15.9. The number of amides is 1. The molecule has 0 aliphatic heterocycles. The zero-order chi connectivity index (χ0) is 14.5. The number of ether oxygens (including phenoxy) is 1. The Morgan fingerprint density at radius 3 is 2.65 bits per heavy atom. The van der Waals surface area contributed by atoms with E-state index in [2.05, 4.69) is 10.3 Å². The number of rotatable bonds is 5.